The Hall–Kier alpha value is -1.85. The van der Waals surface area contributed by atoms with Gasteiger partial charge in [0.2, 0.25) is 0 Å². The van der Waals surface area contributed by atoms with Gasteiger partial charge < -0.3 is 10.1 Å². The first-order chi connectivity index (χ1) is 5.20. The molecule has 0 aliphatic carbocycles. The second-order valence-corrected chi connectivity index (χ2v) is 1.71. The minimum Gasteiger partial charge on any atom is -0.373 e. The molecule has 0 atom stereocenters. The maximum atomic E-state index is 10.7. The van der Waals surface area contributed by atoms with Gasteiger partial charge in [-0.05, 0) is 6.07 Å². The lowest BCUT2D eigenvalue weighted by molar-refractivity contribution is -0.433. The SMILES string of the molecule is O=c1ccccn1[N-][N+](=O)[O-]. The van der Waals surface area contributed by atoms with Crippen molar-refractivity contribution in [1.29, 1.82) is 0 Å². The molecule has 11 heavy (non-hydrogen) atoms. The lowest BCUT2D eigenvalue weighted by atomic mass is 10.5. The Morgan fingerprint density at radius 2 is 2.27 bits per heavy atom. The molecule has 0 N–H and O–H groups in total. The molecule has 0 fully saturated rings. The van der Waals surface area contributed by atoms with Crippen molar-refractivity contribution in [2.24, 2.45) is 0 Å². The third-order valence-electron chi connectivity index (χ3n) is 0.972. The molecule has 0 saturated carbocycles. The molecule has 1 heterocycles. The molecule has 0 amide bonds. The number of hydrogen-bond acceptors (Lipinski definition) is 3. The highest BCUT2D eigenvalue weighted by Crippen LogP contribution is 1.88. The second-order valence-electron chi connectivity index (χ2n) is 1.71. The lowest BCUT2D eigenvalue weighted by Crippen LogP contribution is -2.16. The van der Waals surface area contributed by atoms with Crippen molar-refractivity contribution in [1.82, 2.24) is 4.68 Å². The number of nitro groups is 1. The number of hydrogen-bond donors (Lipinski definition) is 0. The molecule has 1 aromatic heterocycles. The second kappa shape index (κ2) is 2.82. The van der Waals surface area contributed by atoms with Gasteiger partial charge in [-0.2, -0.15) is 0 Å². The minimum atomic E-state index is -0.929. The summed E-state index contributed by atoms with van der Waals surface area (Å²) in [6, 6.07) is 4.15. The summed E-state index contributed by atoms with van der Waals surface area (Å²) in [5.74, 6) is 0. The topological polar surface area (TPSA) is 79.2 Å². The van der Waals surface area contributed by atoms with E-state index in [1.54, 1.807) is 0 Å². The monoisotopic (exact) mass is 154 g/mol. The Kier molecular flexibility index (Phi) is 1.86. The lowest BCUT2D eigenvalue weighted by Gasteiger charge is -2.11. The van der Waals surface area contributed by atoms with Crippen LogP contribution in [0.1, 0.15) is 0 Å². The summed E-state index contributed by atoms with van der Waals surface area (Å²) in [6.45, 7) is 0. The summed E-state index contributed by atoms with van der Waals surface area (Å²) in [5, 5.41) is 8.87. The molecule has 0 spiro atoms. The van der Waals surface area contributed by atoms with Crippen LogP contribution in [0.5, 0.6) is 0 Å². The molecular weight excluding hydrogens is 150 g/mol. The average molecular weight is 154 g/mol. The van der Waals surface area contributed by atoms with Gasteiger partial charge in [-0.15, -0.1) is 5.03 Å². The van der Waals surface area contributed by atoms with E-state index in [-0.39, 0.29) is 0 Å². The van der Waals surface area contributed by atoms with Crippen LogP contribution in [-0.2, 0) is 0 Å². The van der Waals surface area contributed by atoms with Gasteiger partial charge in [-0.1, -0.05) is 6.07 Å². The van der Waals surface area contributed by atoms with E-state index in [2.05, 4.69) is 5.53 Å². The quantitative estimate of drug-likeness (QED) is 0.450. The van der Waals surface area contributed by atoms with Crippen LogP contribution in [0.2, 0.25) is 0 Å². The highest BCUT2D eigenvalue weighted by atomic mass is 16.7. The summed E-state index contributed by atoms with van der Waals surface area (Å²) < 4.78 is 0.653. The van der Waals surface area contributed by atoms with Crippen molar-refractivity contribution in [2.75, 3.05) is 0 Å². The van der Waals surface area contributed by atoms with E-state index >= 15 is 0 Å². The van der Waals surface area contributed by atoms with Crippen molar-refractivity contribution < 1.29 is 5.03 Å². The van der Waals surface area contributed by atoms with Gasteiger partial charge in [0.1, 0.15) is 0 Å². The summed E-state index contributed by atoms with van der Waals surface area (Å²) in [5.41, 5.74) is 2.26. The molecular formula is C5H4N3O3-. The van der Waals surface area contributed by atoms with E-state index in [4.69, 9.17) is 0 Å². The third kappa shape index (κ3) is 1.78. The van der Waals surface area contributed by atoms with E-state index in [1.807, 2.05) is 0 Å². The molecule has 0 aliphatic heterocycles. The van der Waals surface area contributed by atoms with Gasteiger partial charge in [0.05, 0.1) is 6.20 Å². The standard InChI is InChI=1S/C5H4N3O3/c9-5-3-1-2-4-7(5)6-8(10)11/h1-4H/q-1. The maximum absolute atomic E-state index is 10.7. The van der Waals surface area contributed by atoms with Gasteiger partial charge in [-0.25, -0.2) is 4.79 Å². The van der Waals surface area contributed by atoms with Crippen LogP contribution in [0.3, 0.4) is 0 Å². The molecule has 58 valence electrons. The normalized spacial score (nSPS) is 9.09. The van der Waals surface area contributed by atoms with Crippen LogP contribution < -0.4 is 5.56 Å². The van der Waals surface area contributed by atoms with Crippen molar-refractivity contribution in [2.45, 2.75) is 0 Å². The van der Waals surface area contributed by atoms with Crippen molar-refractivity contribution >= 4 is 0 Å². The van der Waals surface area contributed by atoms with Gasteiger partial charge in [0.25, 0.3) is 0 Å². The first kappa shape index (κ1) is 7.26. The fraction of sp³-hybridized carbons (Fsp3) is 0. The van der Waals surface area contributed by atoms with Crippen LogP contribution in [0.25, 0.3) is 5.53 Å². The molecule has 0 bridgehead atoms. The molecule has 0 aliphatic rings. The van der Waals surface area contributed by atoms with Crippen LogP contribution in [0, 0.1) is 10.1 Å². The zero-order valence-electron chi connectivity index (χ0n) is 5.38. The zero-order chi connectivity index (χ0) is 8.27. The van der Waals surface area contributed by atoms with E-state index < -0.39 is 10.6 Å². The van der Waals surface area contributed by atoms with Gasteiger partial charge >= 0.3 is 5.56 Å². The molecule has 1 aromatic rings. The molecule has 0 saturated heterocycles. The first-order valence-electron chi connectivity index (χ1n) is 2.74. The minimum absolute atomic E-state index is 0.524. The first-order valence-corrected chi connectivity index (χ1v) is 2.74. The predicted octanol–water partition coefficient (Wildman–Crippen LogP) is 0.177. The maximum Gasteiger partial charge on any atom is 0.324 e. The molecule has 6 heteroatoms. The zero-order valence-corrected chi connectivity index (χ0v) is 5.38. The van der Waals surface area contributed by atoms with Crippen LogP contribution in [-0.4, -0.2) is 9.71 Å². The van der Waals surface area contributed by atoms with Gasteiger partial charge in [-0.3, -0.25) is 10.2 Å². The van der Waals surface area contributed by atoms with Crippen molar-refractivity contribution in [3.63, 3.8) is 0 Å². The average Bonchev–Trinajstić information content (AvgIpc) is 1.93. The number of aromatic nitrogens is 1. The van der Waals surface area contributed by atoms with Crippen LogP contribution in [0.15, 0.2) is 29.2 Å². The summed E-state index contributed by atoms with van der Waals surface area (Å²) in [4.78, 5) is 20.5. The van der Waals surface area contributed by atoms with E-state index in [1.165, 1.54) is 24.4 Å². The number of nitrogens with zero attached hydrogens (tertiary/aromatic N) is 3. The third-order valence-corrected chi connectivity index (χ3v) is 0.972. The highest BCUT2D eigenvalue weighted by Gasteiger charge is 1.88. The Labute approximate surface area is 61.2 Å². The van der Waals surface area contributed by atoms with Gasteiger partial charge in [0, 0.05) is 6.07 Å². The largest absolute Gasteiger partial charge is 0.373 e. The van der Waals surface area contributed by atoms with Crippen LogP contribution in [0.4, 0.5) is 0 Å². The Morgan fingerprint density at radius 1 is 1.55 bits per heavy atom. The predicted molar refractivity (Wildman–Crippen MR) is 36.5 cm³/mol. The highest BCUT2D eigenvalue weighted by molar-refractivity contribution is 4.95. The Bertz CT molecular complexity index is 319. The van der Waals surface area contributed by atoms with Crippen molar-refractivity contribution in [3.05, 3.63) is 50.4 Å². The van der Waals surface area contributed by atoms with Crippen LogP contribution >= 0.6 is 0 Å². The number of pyridine rings is 1. The van der Waals surface area contributed by atoms with Gasteiger partial charge in [0.15, 0.2) is 0 Å². The smallest absolute Gasteiger partial charge is 0.324 e. The molecule has 1 rings (SSSR count). The fourth-order valence-corrected chi connectivity index (χ4v) is 0.571. The fourth-order valence-electron chi connectivity index (χ4n) is 0.571. The molecule has 0 aromatic carbocycles. The molecule has 0 radical (unpaired) electrons. The molecule has 6 nitrogen and oxygen atoms in total. The summed E-state index contributed by atoms with van der Waals surface area (Å²) in [6.07, 6.45) is 1.21. The number of rotatable bonds is 2. The summed E-state index contributed by atoms with van der Waals surface area (Å²) in [7, 11) is 0. The molecule has 0 unspecified atom stereocenters. The Morgan fingerprint density at radius 3 is 2.82 bits per heavy atom. The van der Waals surface area contributed by atoms with E-state index in [0.29, 0.717) is 4.68 Å². The van der Waals surface area contributed by atoms with E-state index in [0.717, 1.165) is 0 Å². The van der Waals surface area contributed by atoms with Crippen molar-refractivity contribution in [3.8, 4) is 0 Å². The Balaban J connectivity index is 2.95. The van der Waals surface area contributed by atoms with E-state index in [9.17, 15) is 14.9 Å². The summed E-state index contributed by atoms with van der Waals surface area (Å²) >= 11 is 0.